The molecule has 0 atom stereocenters. The molecule has 0 aliphatic heterocycles. The molecule has 2 aromatic rings. The van der Waals surface area contributed by atoms with E-state index < -0.39 is 0 Å². The molecule has 0 aliphatic carbocycles. The summed E-state index contributed by atoms with van der Waals surface area (Å²) in [5, 5.41) is 19.7. The topological polar surface area (TPSA) is 40.5 Å². The van der Waals surface area contributed by atoms with Crippen LogP contribution in [0.3, 0.4) is 0 Å². The summed E-state index contributed by atoms with van der Waals surface area (Å²) in [6.45, 7) is 0. The van der Waals surface area contributed by atoms with Gasteiger partial charge in [0.25, 0.3) is 0 Å². The van der Waals surface area contributed by atoms with Crippen LogP contribution in [0.15, 0.2) is 29.8 Å². The van der Waals surface area contributed by atoms with E-state index in [1.165, 1.54) is 29.8 Å². The van der Waals surface area contributed by atoms with E-state index in [9.17, 15) is 10.2 Å². The maximum Gasteiger partial charge on any atom is 0.118 e. The second kappa shape index (κ2) is 6.55. The van der Waals surface area contributed by atoms with Crippen molar-refractivity contribution in [2.24, 2.45) is 0 Å². The molecule has 0 saturated heterocycles. The minimum absolute atomic E-state index is 0.0782. The van der Waals surface area contributed by atoms with E-state index >= 15 is 0 Å². The number of hydrogen-bond donors (Lipinski definition) is 2. The highest BCUT2D eigenvalue weighted by Crippen LogP contribution is 2.43. The molecule has 0 heterocycles. The van der Waals surface area contributed by atoms with Gasteiger partial charge in [-0.2, -0.15) is 0 Å². The van der Waals surface area contributed by atoms with E-state index in [0.29, 0.717) is 16.7 Å². The molecule has 21 heavy (non-hydrogen) atoms. The minimum Gasteiger partial charge on any atom is -0.508 e. The van der Waals surface area contributed by atoms with E-state index in [1.54, 1.807) is 0 Å². The van der Waals surface area contributed by atoms with Crippen LogP contribution in [-0.2, 0) is 0 Å². The Kier molecular flexibility index (Phi) is 5.18. The molecule has 110 valence electrons. The van der Waals surface area contributed by atoms with E-state index in [0.717, 1.165) is 0 Å². The van der Waals surface area contributed by atoms with Crippen LogP contribution >= 0.6 is 58.0 Å². The highest BCUT2D eigenvalue weighted by molar-refractivity contribution is 6.42. The van der Waals surface area contributed by atoms with Crippen molar-refractivity contribution in [2.75, 3.05) is 0 Å². The van der Waals surface area contributed by atoms with E-state index in [2.05, 4.69) is 0 Å². The molecule has 0 aromatic heterocycles. The SMILES string of the molecule is Oc1cc(Cl)c(C(=CCl)c2c(Cl)cc(O)cc2Cl)c(Cl)c1. The fourth-order valence-corrected chi connectivity index (χ4v) is 3.44. The fourth-order valence-electron chi connectivity index (χ4n) is 1.87. The molecule has 0 amide bonds. The van der Waals surface area contributed by atoms with Gasteiger partial charge in [-0.3, -0.25) is 0 Å². The number of aromatic hydroxyl groups is 2. The summed E-state index contributed by atoms with van der Waals surface area (Å²) in [5.74, 6) is -0.156. The summed E-state index contributed by atoms with van der Waals surface area (Å²) >= 11 is 30.3. The summed E-state index contributed by atoms with van der Waals surface area (Å²) in [6, 6.07) is 5.30. The van der Waals surface area contributed by atoms with E-state index in [1.807, 2.05) is 0 Å². The van der Waals surface area contributed by atoms with Crippen LogP contribution in [0.25, 0.3) is 5.57 Å². The zero-order chi connectivity index (χ0) is 15.7. The van der Waals surface area contributed by atoms with Crippen LogP contribution in [0.4, 0.5) is 0 Å². The molecule has 2 aromatic carbocycles. The standard InChI is InChI=1S/C14H7Cl5O2/c15-5-8(13-9(16)1-6(20)2-10(13)17)14-11(18)3-7(21)4-12(14)19/h1-5,20-21H. The molecule has 0 radical (unpaired) electrons. The zero-order valence-corrected chi connectivity index (χ0v) is 14.0. The Balaban J connectivity index is 2.73. The second-order valence-corrected chi connectivity index (χ2v) is 5.94. The average Bonchev–Trinajstić information content (AvgIpc) is 2.34. The molecule has 2 nitrogen and oxygen atoms in total. The summed E-state index contributed by atoms with van der Waals surface area (Å²) in [5.41, 5.74) is 2.36. The van der Waals surface area contributed by atoms with Crippen LogP contribution in [0.2, 0.25) is 20.1 Å². The highest BCUT2D eigenvalue weighted by atomic mass is 35.5. The molecular weight excluding hydrogens is 377 g/mol. The Bertz CT molecular complexity index is 635. The van der Waals surface area contributed by atoms with Crippen molar-refractivity contribution in [3.8, 4) is 11.5 Å². The Morgan fingerprint density at radius 2 is 1.00 bits per heavy atom. The summed E-state index contributed by atoms with van der Waals surface area (Å²) in [6.07, 6.45) is 0. The van der Waals surface area contributed by atoms with Crippen LogP contribution in [-0.4, -0.2) is 10.2 Å². The van der Waals surface area contributed by atoms with Crippen molar-refractivity contribution in [1.29, 1.82) is 0 Å². The predicted molar refractivity (Wildman–Crippen MR) is 89.2 cm³/mol. The van der Waals surface area contributed by atoms with Crippen LogP contribution < -0.4 is 0 Å². The van der Waals surface area contributed by atoms with Gasteiger partial charge in [0, 0.05) is 22.2 Å². The number of rotatable bonds is 2. The summed E-state index contributed by atoms with van der Waals surface area (Å²) in [4.78, 5) is 0. The number of benzene rings is 2. The maximum absolute atomic E-state index is 9.48. The van der Waals surface area contributed by atoms with Gasteiger partial charge in [-0.15, -0.1) is 0 Å². The van der Waals surface area contributed by atoms with Crippen molar-refractivity contribution in [1.82, 2.24) is 0 Å². The fraction of sp³-hybridized carbons (Fsp3) is 0. The number of hydrogen-bond acceptors (Lipinski definition) is 2. The molecule has 0 spiro atoms. The van der Waals surface area contributed by atoms with Gasteiger partial charge in [0.2, 0.25) is 0 Å². The Labute approximate surface area is 146 Å². The normalized spacial score (nSPS) is 10.5. The predicted octanol–water partition coefficient (Wildman–Crippen LogP) is 6.34. The maximum atomic E-state index is 9.48. The second-order valence-electron chi connectivity index (χ2n) is 4.09. The Hall–Kier alpha value is -0.770. The monoisotopic (exact) mass is 382 g/mol. The molecule has 0 unspecified atom stereocenters. The molecular formula is C14H7Cl5O2. The smallest absolute Gasteiger partial charge is 0.118 e. The quantitative estimate of drug-likeness (QED) is 0.634. The molecule has 2 N–H and O–H groups in total. The van der Waals surface area contributed by atoms with Gasteiger partial charge in [0.1, 0.15) is 11.5 Å². The molecule has 0 bridgehead atoms. The van der Waals surface area contributed by atoms with Gasteiger partial charge < -0.3 is 10.2 Å². The molecule has 0 aliphatic rings. The van der Waals surface area contributed by atoms with Crippen molar-refractivity contribution in [3.05, 3.63) is 61.0 Å². The third kappa shape index (κ3) is 3.36. The molecule has 0 saturated carbocycles. The first-order valence-corrected chi connectivity index (χ1v) is 7.47. The minimum atomic E-state index is -0.0782. The lowest BCUT2D eigenvalue weighted by molar-refractivity contribution is 0.475. The first kappa shape index (κ1) is 16.6. The van der Waals surface area contributed by atoms with E-state index in [-0.39, 0.29) is 31.6 Å². The lowest BCUT2D eigenvalue weighted by atomic mass is 9.98. The molecule has 7 heteroatoms. The van der Waals surface area contributed by atoms with Gasteiger partial charge in [-0.1, -0.05) is 58.0 Å². The van der Waals surface area contributed by atoms with Crippen LogP contribution in [0.1, 0.15) is 11.1 Å². The Morgan fingerprint density at radius 1 is 0.714 bits per heavy atom. The third-order valence-electron chi connectivity index (χ3n) is 2.70. The van der Waals surface area contributed by atoms with E-state index in [4.69, 9.17) is 58.0 Å². The van der Waals surface area contributed by atoms with Crippen LogP contribution in [0.5, 0.6) is 11.5 Å². The Morgan fingerprint density at radius 3 is 1.24 bits per heavy atom. The zero-order valence-electron chi connectivity index (χ0n) is 10.2. The highest BCUT2D eigenvalue weighted by Gasteiger charge is 2.20. The van der Waals surface area contributed by atoms with Crippen molar-refractivity contribution < 1.29 is 10.2 Å². The van der Waals surface area contributed by atoms with Gasteiger partial charge >= 0.3 is 0 Å². The largest absolute Gasteiger partial charge is 0.508 e. The van der Waals surface area contributed by atoms with Crippen LogP contribution in [0, 0.1) is 0 Å². The van der Waals surface area contributed by atoms with Crippen molar-refractivity contribution >= 4 is 63.6 Å². The molecule has 2 rings (SSSR count). The molecule has 0 fully saturated rings. The van der Waals surface area contributed by atoms with Gasteiger partial charge in [-0.05, 0) is 24.3 Å². The van der Waals surface area contributed by atoms with Gasteiger partial charge in [0.15, 0.2) is 0 Å². The van der Waals surface area contributed by atoms with Crippen molar-refractivity contribution in [3.63, 3.8) is 0 Å². The summed E-state index contributed by atoms with van der Waals surface area (Å²) < 4.78 is 0. The number of phenols is 2. The number of phenolic OH excluding ortho intramolecular Hbond substituents is 2. The van der Waals surface area contributed by atoms with Crippen molar-refractivity contribution in [2.45, 2.75) is 0 Å². The van der Waals surface area contributed by atoms with Gasteiger partial charge in [0.05, 0.1) is 20.1 Å². The average molecular weight is 384 g/mol. The summed E-state index contributed by atoms with van der Waals surface area (Å²) in [7, 11) is 0. The first-order chi connectivity index (χ1) is 9.85. The lowest BCUT2D eigenvalue weighted by Crippen LogP contribution is -1.93. The lowest BCUT2D eigenvalue weighted by Gasteiger charge is -2.15. The first-order valence-electron chi connectivity index (χ1n) is 5.52. The number of halogens is 5. The third-order valence-corrected chi connectivity index (χ3v) is 4.11. The van der Waals surface area contributed by atoms with Gasteiger partial charge in [-0.25, -0.2) is 0 Å².